The van der Waals surface area contributed by atoms with Crippen LogP contribution in [-0.2, 0) is 4.74 Å². The number of nitrogens with zero attached hydrogens (tertiary/aromatic N) is 3. The molecule has 0 bridgehead atoms. The van der Waals surface area contributed by atoms with Crippen molar-refractivity contribution in [1.82, 2.24) is 0 Å². The fourth-order valence-corrected chi connectivity index (χ4v) is 1.54. The molecular weight excluding hydrogens is 266 g/mol. The monoisotopic (exact) mass is 274 g/mol. The molecule has 0 amide bonds. The van der Waals surface area contributed by atoms with Crippen LogP contribution in [0.4, 0.5) is 0 Å². The van der Waals surface area contributed by atoms with Gasteiger partial charge in [-0.05, 0) is 6.92 Å². The van der Waals surface area contributed by atoms with Crippen LogP contribution in [0.15, 0.2) is 23.2 Å². The molecule has 0 saturated heterocycles. The van der Waals surface area contributed by atoms with E-state index in [1.807, 2.05) is 0 Å². The fraction of sp³-hybridized carbons (Fsp3) is 0.500. The Kier molecular flexibility index (Phi) is 4.11. The van der Waals surface area contributed by atoms with Crippen molar-refractivity contribution >= 4 is 0 Å². The lowest BCUT2D eigenvalue weighted by Crippen LogP contribution is -2.48. The van der Waals surface area contributed by atoms with Crippen LogP contribution in [0, 0.1) is 30.3 Å². The van der Waals surface area contributed by atoms with E-state index in [2.05, 4.69) is 0 Å². The van der Waals surface area contributed by atoms with E-state index in [1.165, 1.54) is 6.92 Å². The highest BCUT2D eigenvalue weighted by Crippen LogP contribution is 2.27. The first-order chi connectivity index (χ1) is 8.81. The third-order valence-electron chi connectivity index (χ3n) is 2.30. The van der Waals surface area contributed by atoms with Gasteiger partial charge in [-0.1, -0.05) is 0 Å². The van der Waals surface area contributed by atoms with Gasteiger partial charge < -0.3 is 9.84 Å². The van der Waals surface area contributed by atoms with Gasteiger partial charge in [0.05, 0.1) is 22.5 Å². The highest BCUT2D eigenvalue weighted by molar-refractivity contribution is 5.31. The van der Waals surface area contributed by atoms with Crippen molar-refractivity contribution in [1.29, 1.82) is 0 Å². The second kappa shape index (κ2) is 5.39. The maximum absolute atomic E-state index is 11.7. The summed E-state index contributed by atoms with van der Waals surface area (Å²) in [5.41, 5.74) is -2.14. The Bertz CT molecular complexity index is 496. The van der Waals surface area contributed by atoms with Crippen molar-refractivity contribution in [2.75, 3.05) is 6.61 Å². The number of hydrogen-bond donors (Lipinski definition) is 0. The third kappa shape index (κ3) is 2.65. The summed E-state index contributed by atoms with van der Waals surface area (Å²) in [5.74, 6) is -0.824. The molecular formula is C8H8N3O8-. The van der Waals surface area contributed by atoms with Crippen LogP contribution >= 0.6 is 0 Å². The maximum Gasteiger partial charge on any atom is 0.320 e. The lowest BCUT2D eigenvalue weighted by atomic mass is 9.99. The molecule has 11 nitrogen and oxygen atoms in total. The molecule has 0 aromatic heterocycles. The molecule has 0 aromatic rings. The summed E-state index contributed by atoms with van der Waals surface area (Å²) in [4.78, 5) is 28.8. The highest BCUT2D eigenvalue weighted by Gasteiger charge is 2.45. The van der Waals surface area contributed by atoms with Crippen LogP contribution < -0.4 is 5.11 Å². The lowest BCUT2D eigenvalue weighted by Gasteiger charge is -2.25. The number of ether oxygens (including phenoxy) is 1. The van der Waals surface area contributed by atoms with Crippen molar-refractivity contribution in [3.05, 3.63) is 53.6 Å². The molecule has 0 heterocycles. The molecule has 0 aromatic carbocycles. The zero-order chi connectivity index (χ0) is 14.7. The van der Waals surface area contributed by atoms with Gasteiger partial charge in [0.25, 0.3) is 11.5 Å². The van der Waals surface area contributed by atoms with Crippen LogP contribution in [0.3, 0.4) is 0 Å². The Morgan fingerprint density at radius 2 is 1.79 bits per heavy atom. The molecule has 1 aliphatic carbocycles. The van der Waals surface area contributed by atoms with Crippen molar-refractivity contribution in [3.63, 3.8) is 0 Å². The van der Waals surface area contributed by atoms with Crippen LogP contribution in [-0.4, -0.2) is 33.5 Å². The van der Waals surface area contributed by atoms with Gasteiger partial charge in [0, 0.05) is 11.0 Å². The molecule has 0 aliphatic heterocycles. The van der Waals surface area contributed by atoms with Crippen molar-refractivity contribution in [2.24, 2.45) is 0 Å². The molecule has 0 spiro atoms. The molecule has 11 heteroatoms. The van der Waals surface area contributed by atoms with E-state index in [0.29, 0.717) is 6.08 Å². The van der Waals surface area contributed by atoms with E-state index in [9.17, 15) is 35.4 Å². The fourth-order valence-electron chi connectivity index (χ4n) is 1.54. The van der Waals surface area contributed by atoms with Gasteiger partial charge in [0.15, 0.2) is 0 Å². The minimum Gasteiger partial charge on any atom is -0.839 e. The average Bonchev–Trinajstić information content (AvgIpc) is 2.27. The topological polar surface area (TPSA) is 162 Å². The van der Waals surface area contributed by atoms with E-state index in [0.717, 1.165) is 0 Å². The third-order valence-corrected chi connectivity index (χ3v) is 2.30. The summed E-state index contributed by atoms with van der Waals surface area (Å²) in [6.45, 7) is 1.25. The Balaban J connectivity index is 3.46. The summed E-state index contributed by atoms with van der Waals surface area (Å²) in [5, 5.41) is 43.8. The summed E-state index contributed by atoms with van der Waals surface area (Å²) < 4.78 is 4.73. The van der Waals surface area contributed by atoms with E-state index in [4.69, 9.17) is 4.74 Å². The molecule has 104 valence electrons. The Morgan fingerprint density at radius 1 is 1.21 bits per heavy atom. The van der Waals surface area contributed by atoms with Crippen LogP contribution in [0.5, 0.6) is 0 Å². The number of nitro groups is 3. The predicted octanol–water partition coefficient (Wildman–Crippen LogP) is -0.940. The van der Waals surface area contributed by atoms with Gasteiger partial charge in [-0.15, -0.1) is 0 Å². The molecule has 2 unspecified atom stereocenters. The first kappa shape index (κ1) is 14.5. The normalized spacial score (nSPS) is 22.7. The minimum atomic E-state index is -2.37. The molecule has 0 saturated carbocycles. The quantitative estimate of drug-likeness (QED) is 0.458. The first-order valence-electron chi connectivity index (χ1n) is 4.98. The van der Waals surface area contributed by atoms with Crippen LogP contribution in [0.1, 0.15) is 6.92 Å². The van der Waals surface area contributed by atoms with E-state index in [-0.39, 0.29) is 6.61 Å². The van der Waals surface area contributed by atoms with Crippen LogP contribution in [0.25, 0.3) is 0 Å². The molecule has 0 fully saturated rings. The smallest absolute Gasteiger partial charge is 0.320 e. The second-order valence-electron chi connectivity index (χ2n) is 3.41. The molecule has 1 aliphatic rings. The molecule has 2 atom stereocenters. The van der Waals surface area contributed by atoms with Gasteiger partial charge in [-0.3, -0.25) is 30.3 Å². The molecule has 19 heavy (non-hydrogen) atoms. The van der Waals surface area contributed by atoms with Gasteiger partial charge in [-0.25, -0.2) is 0 Å². The SMILES string of the molecule is CCOC1=C([N+](=O)[O-])C([O-])C([N+](=O)[O-])C=C1[N+](=O)[O-]. The number of hydrogen-bond acceptors (Lipinski definition) is 8. The second-order valence-corrected chi connectivity index (χ2v) is 3.41. The van der Waals surface area contributed by atoms with E-state index < -0.39 is 44.1 Å². The molecule has 0 radical (unpaired) electrons. The molecule has 0 N–H and O–H groups in total. The number of rotatable bonds is 5. The van der Waals surface area contributed by atoms with Gasteiger partial charge in [-0.2, -0.15) is 0 Å². The standard InChI is InChI=1S/C8H8N3O8/c1-2-19-8-5(10(15)16)3-4(9(13)14)7(12)6(8)11(17)18/h3-4,7H,2H2,1H3/q-1. The first-order valence-corrected chi connectivity index (χ1v) is 4.98. The van der Waals surface area contributed by atoms with Crippen molar-refractivity contribution in [2.45, 2.75) is 19.1 Å². The summed E-state index contributed by atoms with van der Waals surface area (Å²) in [6, 6.07) is -2.08. The summed E-state index contributed by atoms with van der Waals surface area (Å²) >= 11 is 0. The van der Waals surface area contributed by atoms with E-state index >= 15 is 0 Å². The maximum atomic E-state index is 11.7. The van der Waals surface area contributed by atoms with Crippen molar-refractivity contribution < 1.29 is 24.6 Å². The zero-order valence-corrected chi connectivity index (χ0v) is 9.55. The Labute approximate surface area is 105 Å². The molecule has 1 rings (SSSR count). The summed E-state index contributed by atoms with van der Waals surface area (Å²) in [6.07, 6.45) is -1.90. The predicted molar refractivity (Wildman–Crippen MR) is 55.3 cm³/mol. The minimum absolute atomic E-state index is 0.159. The van der Waals surface area contributed by atoms with E-state index in [1.54, 1.807) is 0 Å². The Morgan fingerprint density at radius 3 is 2.16 bits per heavy atom. The van der Waals surface area contributed by atoms with Gasteiger partial charge in [0.2, 0.25) is 6.04 Å². The lowest BCUT2D eigenvalue weighted by molar-refractivity contribution is -0.591. The van der Waals surface area contributed by atoms with Crippen molar-refractivity contribution in [3.8, 4) is 0 Å². The zero-order valence-electron chi connectivity index (χ0n) is 9.55. The van der Waals surface area contributed by atoms with Gasteiger partial charge >= 0.3 is 5.70 Å². The van der Waals surface area contributed by atoms with Crippen LogP contribution in [0.2, 0.25) is 0 Å². The average molecular weight is 274 g/mol. The largest absolute Gasteiger partial charge is 0.839 e. The highest BCUT2D eigenvalue weighted by atomic mass is 16.6. The van der Waals surface area contributed by atoms with Gasteiger partial charge in [0.1, 0.15) is 0 Å². The summed E-state index contributed by atoms with van der Waals surface area (Å²) in [7, 11) is 0. The Hall–Kier alpha value is -2.56.